The standard InChI is InChI=1S/C16H30N2O2/c1-16(12-20-13-16)11-18(2)10-15(19)17-14-8-6-4-3-5-7-9-14/h14H,3-13H2,1-2H3,(H,17,19). The molecule has 1 amide bonds. The maximum atomic E-state index is 12.1. The van der Waals surface area contributed by atoms with Crippen LogP contribution in [0.25, 0.3) is 0 Å². The lowest BCUT2D eigenvalue weighted by Crippen LogP contribution is -2.50. The minimum atomic E-state index is 0.182. The van der Waals surface area contributed by atoms with Gasteiger partial charge < -0.3 is 10.1 Å². The number of carbonyl (C=O) groups is 1. The summed E-state index contributed by atoms with van der Waals surface area (Å²) >= 11 is 0. The minimum absolute atomic E-state index is 0.182. The Morgan fingerprint density at radius 3 is 2.35 bits per heavy atom. The van der Waals surface area contributed by atoms with Crippen molar-refractivity contribution in [3.8, 4) is 0 Å². The third-order valence-corrected chi connectivity index (χ3v) is 4.44. The average molecular weight is 282 g/mol. The Labute approximate surface area is 123 Å². The molecule has 1 saturated heterocycles. The van der Waals surface area contributed by atoms with Gasteiger partial charge >= 0.3 is 0 Å². The maximum absolute atomic E-state index is 12.1. The number of amides is 1. The predicted molar refractivity (Wildman–Crippen MR) is 80.7 cm³/mol. The second-order valence-electron chi connectivity index (χ2n) is 7.09. The Kier molecular flexibility index (Phi) is 5.85. The normalized spacial score (nSPS) is 23.8. The molecule has 1 saturated carbocycles. The Balaban J connectivity index is 1.67. The summed E-state index contributed by atoms with van der Waals surface area (Å²) in [7, 11) is 2.03. The van der Waals surface area contributed by atoms with E-state index in [0.29, 0.717) is 12.6 Å². The molecule has 1 aliphatic heterocycles. The van der Waals surface area contributed by atoms with E-state index in [4.69, 9.17) is 4.74 Å². The van der Waals surface area contributed by atoms with E-state index in [1.165, 1.54) is 32.1 Å². The van der Waals surface area contributed by atoms with Crippen LogP contribution in [0.5, 0.6) is 0 Å². The number of hydrogen-bond donors (Lipinski definition) is 1. The molecule has 0 aromatic rings. The molecule has 0 aromatic carbocycles. The second kappa shape index (κ2) is 7.41. The monoisotopic (exact) mass is 282 g/mol. The van der Waals surface area contributed by atoms with E-state index in [1.54, 1.807) is 0 Å². The molecule has 0 radical (unpaired) electrons. The molecule has 2 aliphatic rings. The van der Waals surface area contributed by atoms with Crippen LogP contribution in [0, 0.1) is 5.41 Å². The fourth-order valence-corrected chi connectivity index (χ4v) is 3.37. The molecule has 0 aromatic heterocycles. The first kappa shape index (κ1) is 15.8. The predicted octanol–water partition coefficient (Wildman–Crippen LogP) is 2.18. The Morgan fingerprint density at radius 2 is 1.80 bits per heavy atom. The van der Waals surface area contributed by atoms with E-state index in [-0.39, 0.29) is 11.3 Å². The summed E-state index contributed by atoms with van der Waals surface area (Å²) in [6.45, 7) is 5.31. The summed E-state index contributed by atoms with van der Waals surface area (Å²) in [5.41, 5.74) is 0.245. The van der Waals surface area contributed by atoms with Gasteiger partial charge in [-0.3, -0.25) is 9.69 Å². The van der Waals surface area contributed by atoms with Crippen molar-refractivity contribution in [1.82, 2.24) is 10.2 Å². The van der Waals surface area contributed by atoms with Crippen LogP contribution in [-0.2, 0) is 9.53 Å². The number of rotatable bonds is 5. The van der Waals surface area contributed by atoms with Crippen LogP contribution >= 0.6 is 0 Å². The number of likely N-dealkylation sites (N-methyl/N-ethyl adjacent to an activating group) is 1. The van der Waals surface area contributed by atoms with E-state index >= 15 is 0 Å². The quantitative estimate of drug-likeness (QED) is 0.840. The van der Waals surface area contributed by atoms with Gasteiger partial charge in [0.15, 0.2) is 0 Å². The topological polar surface area (TPSA) is 41.6 Å². The van der Waals surface area contributed by atoms with Crippen LogP contribution in [0.15, 0.2) is 0 Å². The van der Waals surface area contributed by atoms with Crippen LogP contribution < -0.4 is 5.32 Å². The lowest BCUT2D eigenvalue weighted by molar-refractivity contribution is -0.128. The molecule has 1 heterocycles. The zero-order valence-corrected chi connectivity index (χ0v) is 13.1. The molecule has 1 N–H and O–H groups in total. The van der Waals surface area contributed by atoms with Crippen molar-refractivity contribution in [2.24, 2.45) is 5.41 Å². The first-order chi connectivity index (χ1) is 9.57. The number of carbonyl (C=O) groups excluding carboxylic acids is 1. The summed E-state index contributed by atoms with van der Waals surface area (Å²) in [5, 5.41) is 3.23. The fourth-order valence-electron chi connectivity index (χ4n) is 3.37. The third kappa shape index (κ3) is 5.06. The third-order valence-electron chi connectivity index (χ3n) is 4.44. The molecule has 0 bridgehead atoms. The first-order valence-corrected chi connectivity index (χ1v) is 8.13. The lowest BCUT2D eigenvalue weighted by atomic mass is 9.88. The summed E-state index contributed by atoms with van der Waals surface area (Å²) < 4.78 is 5.26. The van der Waals surface area contributed by atoms with Gasteiger partial charge in [0, 0.05) is 18.0 Å². The zero-order valence-electron chi connectivity index (χ0n) is 13.1. The molecular formula is C16H30N2O2. The average Bonchev–Trinajstić information content (AvgIpc) is 2.30. The van der Waals surface area contributed by atoms with Crippen LogP contribution in [0.2, 0.25) is 0 Å². The van der Waals surface area contributed by atoms with Crippen molar-refractivity contribution >= 4 is 5.91 Å². The summed E-state index contributed by atoms with van der Waals surface area (Å²) in [4.78, 5) is 14.3. The number of ether oxygens (including phenoxy) is 1. The highest BCUT2D eigenvalue weighted by Gasteiger charge is 2.34. The van der Waals surface area contributed by atoms with Crippen molar-refractivity contribution in [1.29, 1.82) is 0 Å². The van der Waals surface area contributed by atoms with Gasteiger partial charge in [-0.25, -0.2) is 0 Å². The molecule has 0 spiro atoms. The molecule has 4 nitrogen and oxygen atoms in total. The van der Waals surface area contributed by atoms with Gasteiger partial charge in [0.05, 0.1) is 19.8 Å². The first-order valence-electron chi connectivity index (χ1n) is 8.13. The Bertz CT molecular complexity index is 308. The molecule has 2 fully saturated rings. The van der Waals surface area contributed by atoms with Crippen molar-refractivity contribution < 1.29 is 9.53 Å². The van der Waals surface area contributed by atoms with Gasteiger partial charge in [-0.2, -0.15) is 0 Å². The molecule has 0 unspecified atom stereocenters. The number of nitrogens with one attached hydrogen (secondary N) is 1. The largest absolute Gasteiger partial charge is 0.380 e. The zero-order chi connectivity index (χ0) is 14.4. The van der Waals surface area contributed by atoms with Crippen LogP contribution in [-0.4, -0.2) is 50.2 Å². The highest BCUT2D eigenvalue weighted by molar-refractivity contribution is 5.78. The molecule has 116 valence electrons. The van der Waals surface area contributed by atoms with E-state index < -0.39 is 0 Å². The molecule has 0 atom stereocenters. The molecule has 2 rings (SSSR count). The van der Waals surface area contributed by atoms with Crippen molar-refractivity contribution in [2.45, 2.75) is 57.9 Å². The van der Waals surface area contributed by atoms with Gasteiger partial charge in [0.2, 0.25) is 5.91 Å². The van der Waals surface area contributed by atoms with Gasteiger partial charge in [0.1, 0.15) is 0 Å². The van der Waals surface area contributed by atoms with Crippen LogP contribution in [0.3, 0.4) is 0 Å². The highest BCUT2D eigenvalue weighted by atomic mass is 16.5. The smallest absolute Gasteiger partial charge is 0.234 e. The number of nitrogens with zero attached hydrogens (tertiary/aromatic N) is 1. The van der Waals surface area contributed by atoms with Gasteiger partial charge in [-0.05, 0) is 19.9 Å². The van der Waals surface area contributed by atoms with Gasteiger partial charge in [-0.15, -0.1) is 0 Å². The van der Waals surface area contributed by atoms with Crippen molar-refractivity contribution in [3.63, 3.8) is 0 Å². The van der Waals surface area contributed by atoms with Crippen LogP contribution in [0.1, 0.15) is 51.9 Å². The fraction of sp³-hybridized carbons (Fsp3) is 0.938. The second-order valence-corrected chi connectivity index (χ2v) is 7.09. The van der Waals surface area contributed by atoms with Crippen molar-refractivity contribution in [3.05, 3.63) is 0 Å². The highest BCUT2D eigenvalue weighted by Crippen LogP contribution is 2.27. The molecular weight excluding hydrogens is 252 g/mol. The Hall–Kier alpha value is -0.610. The summed E-state index contributed by atoms with van der Waals surface area (Å²) in [5.74, 6) is 0.182. The van der Waals surface area contributed by atoms with E-state index in [1.807, 2.05) is 7.05 Å². The summed E-state index contributed by atoms with van der Waals surface area (Å²) in [6, 6.07) is 0.402. The van der Waals surface area contributed by atoms with E-state index in [9.17, 15) is 4.79 Å². The minimum Gasteiger partial charge on any atom is -0.380 e. The van der Waals surface area contributed by atoms with Crippen LogP contribution in [0.4, 0.5) is 0 Å². The number of hydrogen-bond acceptors (Lipinski definition) is 3. The van der Waals surface area contributed by atoms with E-state index in [0.717, 1.165) is 32.6 Å². The molecule has 1 aliphatic carbocycles. The van der Waals surface area contributed by atoms with E-state index in [2.05, 4.69) is 17.1 Å². The molecule has 20 heavy (non-hydrogen) atoms. The SMILES string of the molecule is CN(CC(=O)NC1CCCCCCC1)CC1(C)COC1. The maximum Gasteiger partial charge on any atom is 0.234 e. The van der Waals surface area contributed by atoms with Gasteiger partial charge in [0.25, 0.3) is 0 Å². The lowest BCUT2D eigenvalue weighted by Gasteiger charge is -2.40. The van der Waals surface area contributed by atoms with Gasteiger partial charge in [-0.1, -0.05) is 39.0 Å². The Morgan fingerprint density at radius 1 is 1.20 bits per heavy atom. The summed E-state index contributed by atoms with van der Waals surface area (Å²) in [6.07, 6.45) is 8.84. The molecule has 4 heteroatoms. The van der Waals surface area contributed by atoms with Crippen molar-refractivity contribution in [2.75, 3.05) is 33.4 Å².